The molecule has 1 saturated heterocycles. The molecule has 5 nitrogen and oxygen atoms in total. The summed E-state index contributed by atoms with van der Waals surface area (Å²) in [5.74, 6) is -0.810. The number of nitrogens with one attached hydrogen (secondary N) is 1. The Morgan fingerprint density at radius 2 is 1.57 bits per heavy atom. The van der Waals surface area contributed by atoms with Crippen LogP contribution in [0, 0.1) is 0 Å². The fraction of sp³-hybridized carbons (Fsp3) is 0.0455. The molecule has 2 aliphatic heterocycles. The van der Waals surface area contributed by atoms with Crippen LogP contribution >= 0.6 is 12.2 Å². The predicted molar refractivity (Wildman–Crippen MR) is 125 cm³/mol. The fourth-order valence-corrected chi connectivity index (χ4v) is 7.82. The van der Waals surface area contributed by atoms with Crippen LogP contribution in [0.15, 0.2) is 66.2 Å². The third-order valence-corrected chi connectivity index (χ3v) is 9.74. The van der Waals surface area contributed by atoms with E-state index in [0.717, 1.165) is 4.44 Å². The molecular formula is C22H15N3O2SSe2. The number of carbonyl (C=O) groups is 2. The van der Waals surface area contributed by atoms with Gasteiger partial charge in [0.25, 0.3) is 0 Å². The summed E-state index contributed by atoms with van der Waals surface area (Å²) in [6.07, 6.45) is 1.70. The molecule has 2 aromatic carbocycles. The second-order valence-corrected chi connectivity index (χ2v) is 11.7. The van der Waals surface area contributed by atoms with E-state index in [-0.39, 0.29) is 46.1 Å². The van der Waals surface area contributed by atoms with Gasteiger partial charge in [-0.1, -0.05) is 0 Å². The van der Waals surface area contributed by atoms with Gasteiger partial charge in [-0.25, -0.2) is 0 Å². The molecule has 0 atom stereocenters. The van der Waals surface area contributed by atoms with E-state index in [2.05, 4.69) is 64.8 Å². The van der Waals surface area contributed by atoms with E-state index in [1.165, 1.54) is 29.8 Å². The van der Waals surface area contributed by atoms with E-state index in [9.17, 15) is 9.59 Å². The van der Waals surface area contributed by atoms with Gasteiger partial charge in [-0.2, -0.15) is 0 Å². The maximum atomic E-state index is 12.5. The van der Waals surface area contributed by atoms with Gasteiger partial charge in [0.2, 0.25) is 0 Å². The van der Waals surface area contributed by atoms with Crippen molar-refractivity contribution in [3.8, 4) is 0 Å². The van der Waals surface area contributed by atoms with E-state index >= 15 is 0 Å². The van der Waals surface area contributed by atoms with Crippen molar-refractivity contribution < 1.29 is 9.59 Å². The molecule has 2 aliphatic rings. The summed E-state index contributed by atoms with van der Waals surface area (Å²) in [5, 5.41) is 2.70. The molecule has 0 unspecified atom stereocenters. The number of rotatable bonds is 2. The van der Waals surface area contributed by atoms with Crippen molar-refractivity contribution in [1.82, 2.24) is 10.2 Å². The first-order valence-corrected chi connectivity index (χ1v) is 13.0. The summed E-state index contributed by atoms with van der Waals surface area (Å²) in [5.41, 5.74) is 2.54. The predicted octanol–water partition coefficient (Wildman–Crippen LogP) is 1.44. The van der Waals surface area contributed by atoms with Crippen LogP contribution in [-0.4, -0.2) is 58.3 Å². The number of hydrogen-bond donors (Lipinski definition) is 1. The number of amides is 2. The normalized spacial score (nSPS) is 17.1. The van der Waals surface area contributed by atoms with E-state index in [4.69, 9.17) is 12.2 Å². The second-order valence-electron chi connectivity index (χ2n) is 6.73. The average molecular weight is 543 g/mol. The van der Waals surface area contributed by atoms with Crippen LogP contribution in [0.5, 0.6) is 0 Å². The summed E-state index contributed by atoms with van der Waals surface area (Å²) < 4.78 is 4.86. The average Bonchev–Trinajstić information content (AvgIpc) is 3.21. The first-order valence-electron chi connectivity index (χ1n) is 9.14. The van der Waals surface area contributed by atoms with Gasteiger partial charge in [0.15, 0.2) is 0 Å². The standard InChI is InChI=1S/C22H15N3O2SSe2/c1-24-21(27)14(20(26)23-22(24)28)12-13-10-11-19(29-13)25-15-6-2-4-8-17(15)30-18-9-5-3-7-16(18)25/h2-12H,1H3,(H,23,26,28)/b14-12+. The van der Waals surface area contributed by atoms with E-state index in [1.54, 1.807) is 13.1 Å². The minimum atomic E-state index is -0.440. The Hall–Kier alpha value is -2.47. The first kappa shape index (κ1) is 19.5. The zero-order valence-electron chi connectivity index (χ0n) is 15.8. The summed E-state index contributed by atoms with van der Waals surface area (Å²) >= 11 is 5.24. The van der Waals surface area contributed by atoms with E-state index in [0.29, 0.717) is 0 Å². The summed E-state index contributed by atoms with van der Waals surface area (Å²) in [7, 11) is 1.57. The van der Waals surface area contributed by atoms with Crippen LogP contribution in [0.2, 0.25) is 0 Å². The van der Waals surface area contributed by atoms with Gasteiger partial charge in [0.05, 0.1) is 0 Å². The second kappa shape index (κ2) is 7.65. The zero-order valence-corrected chi connectivity index (χ0v) is 20.0. The number of anilines is 3. The molecule has 0 saturated carbocycles. The molecule has 5 rings (SSSR count). The fourth-order valence-electron chi connectivity index (χ4n) is 3.37. The van der Waals surface area contributed by atoms with Crippen LogP contribution in [0.25, 0.3) is 6.08 Å². The minimum absolute atomic E-state index is 0.0470. The van der Waals surface area contributed by atoms with Crippen molar-refractivity contribution in [2.75, 3.05) is 11.9 Å². The zero-order chi connectivity index (χ0) is 20.8. The Kier molecular flexibility index (Phi) is 4.97. The van der Waals surface area contributed by atoms with Crippen molar-refractivity contribution in [3.63, 3.8) is 0 Å². The molecule has 30 heavy (non-hydrogen) atoms. The molecular weight excluding hydrogens is 528 g/mol. The summed E-state index contributed by atoms with van der Waals surface area (Å²) in [4.78, 5) is 28.4. The van der Waals surface area contributed by atoms with Gasteiger partial charge in [-0.15, -0.1) is 0 Å². The van der Waals surface area contributed by atoms with E-state index < -0.39 is 5.91 Å². The van der Waals surface area contributed by atoms with E-state index in [1.807, 2.05) is 6.07 Å². The number of hydrogen-bond acceptors (Lipinski definition) is 4. The van der Waals surface area contributed by atoms with Gasteiger partial charge < -0.3 is 0 Å². The monoisotopic (exact) mass is 545 g/mol. The Morgan fingerprint density at radius 1 is 0.933 bits per heavy atom. The number of carbonyl (C=O) groups excluding carboxylic acids is 2. The van der Waals surface area contributed by atoms with Crippen LogP contribution < -0.4 is 19.1 Å². The third kappa shape index (κ3) is 3.27. The molecule has 3 heterocycles. The quantitative estimate of drug-likeness (QED) is 0.180. The number of likely N-dealkylation sites (N-methyl/N-ethyl adjacent to an activating group) is 1. The Bertz CT molecular complexity index is 1200. The molecule has 8 heteroatoms. The molecule has 2 amide bonds. The molecule has 3 aromatic rings. The number of fused-ring (bicyclic) bond motifs is 2. The number of nitrogens with zero attached hydrogens (tertiary/aromatic N) is 2. The number of para-hydroxylation sites is 2. The summed E-state index contributed by atoms with van der Waals surface area (Å²) in [6.45, 7) is 0. The number of thiocarbonyl (C=S) groups is 1. The topological polar surface area (TPSA) is 52.7 Å². The maximum absolute atomic E-state index is 12.5. The van der Waals surface area contributed by atoms with Crippen LogP contribution in [-0.2, 0) is 9.59 Å². The van der Waals surface area contributed by atoms with Gasteiger partial charge in [-0.3, -0.25) is 0 Å². The number of benzene rings is 2. The van der Waals surface area contributed by atoms with Crippen LogP contribution in [0.1, 0.15) is 4.44 Å². The van der Waals surface area contributed by atoms with Gasteiger partial charge >= 0.3 is 192 Å². The van der Waals surface area contributed by atoms with Crippen LogP contribution in [0.4, 0.5) is 15.9 Å². The molecule has 1 aromatic heterocycles. The third-order valence-electron chi connectivity index (χ3n) is 4.86. The Labute approximate surface area is 191 Å². The van der Waals surface area contributed by atoms with Crippen molar-refractivity contribution in [2.24, 2.45) is 0 Å². The molecule has 0 spiro atoms. The Morgan fingerprint density at radius 3 is 2.23 bits per heavy atom. The van der Waals surface area contributed by atoms with Crippen molar-refractivity contribution in [2.45, 2.75) is 0 Å². The molecule has 0 aliphatic carbocycles. The van der Waals surface area contributed by atoms with Gasteiger partial charge in [0, 0.05) is 0 Å². The van der Waals surface area contributed by atoms with Crippen LogP contribution in [0.3, 0.4) is 0 Å². The molecule has 0 radical (unpaired) electrons. The molecule has 1 N–H and O–H groups in total. The van der Waals surface area contributed by atoms with Crippen molar-refractivity contribution in [1.29, 1.82) is 0 Å². The molecule has 148 valence electrons. The van der Waals surface area contributed by atoms with Crippen molar-refractivity contribution in [3.05, 3.63) is 70.7 Å². The van der Waals surface area contributed by atoms with Gasteiger partial charge in [-0.05, 0) is 0 Å². The van der Waals surface area contributed by atoms with Gasteiger partial charge in [0.1, 0.15) is 0 Å². The first-order chi connectivity index (χ1) is 14.5. The van der Waals surface area contributed by atoms with Crippen molar-refractivity contribution >= 4 is 89.5 Å². The molecule has 0 bridgehead atoms. The Balaban J connectivity index is 1.56. The SMILES string of the molecule is CN1C(=O)/C(=C/c2ccc(N3c4ccccc4[Se]c4ccccc43)[se]2)C(=O)NC1=S. The molecule has 1 fully saturated rings. The summed E-state index contributed by atoms with van der Waals surface area (Å²) in [6, 6.07) is 21.1.